The van der Waals surface area contributed by atoms with Crippen LogP contribution in [0.25, 0.3) is 6.08 Å². The molecule has 2 heteroatoms. The molecule has 0 atom stereocenters. The predicted octanol–water partition coefficient (Wildman–Crippen LogP) is 3.26. The Hall–Kier alpha value is -0.890. The van der Waals surface area contributed by atoms with Crippen LogP contribution in [0.2, 0.25) is 0 Å². The summed E-state index contributed by atoms with van der Waals surface area (Å²) < 4.78 is 5.30. The Bertz CT molecular complexity index is 319. The van der Waals surface area contributed by atoms with Gasteiger partial charge in [0.15, 0.2) is 0 Å². The summed E-state index contributed by atoms with van der Waals surface area (Å²) in [7, 11) is 1.71. The number of methoxy groups -OCH3 is 1. The number of thiol groups is 1. The van der Waals surface area contributed by atoms with E-state index in [4.69, 9.17) is 4.74 Å². The number of ether oxygens (including phenoxy) is 1. The van der Waals surface area contributed by atoms with Gasteiger partial charge in [0.05, 0.1) is 7.11 Å². The van der Waals surface area contributed by atoms with Gasteiger partial charge in [0, 0.05) is 5.75 Å². The van der Waals surface area contributed by atoms with Crippen molar-refractivity contribution in [2.45, 2.75) is 13.8 Å². The quantitative estimate of drug-likeness (QED) is 0.750. The summed E-state index contributed by atoms with van der Waals surface area (Å²) in [5.41, 5.74) is 3.55. The molecule has 0 aromatic heterocycles. The fourth-order valence-corrected chi connectivity index (χ4v) is 1.70. The van der Waals surface area contributed by atoms with Crippen molar-refractivity contribution in [3.05, 3.63) is 34.9 Å². The second-order valence-corrected chi connectivity index (χ2v) is 3.64. The van der Waals surface area contributed by atoms with Crippen molar-refractivity contribution in [3.63, 3.8) is 0 Å². The largest absolute Gasteiger partial charge is 0.496 e. The average molecular weight is 208 g/mol. The average Bonchev–Trinajstić information content (AvgIpc) is 2.14. The molecule has 0 N–H and O–H groups in total. The molecule has 0 heterocycles. The molecule has 0 fully saturated rings. The summed E-state index contributed by atoms with van der Waals surface area (Å²) >= 11 is 4.13. The lowest BCUT2D eigenvalue weighted by Crippen LogP contribution is -1.91. The van der Waals surface area contributed by atoms with Crippen molar-refractivity contribution >= 4 is 18.7 Å². The molecule has 0 radical (unpaired) electrons. The van der Waals surface area contributed by atoms with Crippen LogP contribution in [0, 0.1) is 13.8 Å². The van der Waals surface area contributed by atoms with Gasteiger partial charge in [-0.3, -0.25) is 0 Å². The Morgan fingerprint density at radius 1 is 1.29 bits per heavy atom. The Morgan fingerprint density at radius 3 is 2.29 bits per heavy atom. The summed E-state index contributed by atoms with van der Waals surface area (Å²) in [6.45, 7) is 4.12. The van der Waals surface area contributed by atoms with Gasteiger partial charge in [-0.05, 0) is 42.7 Å². The first-order chi connectivity index (χ1) is 6.69. The molecule has 0 amide bonds. The fourth-order valence-electron chi connectivity index (χ4n) is 1.59. The van der Waals surface area contributed by atoms with E-state index in [0.717, 1.165) is 11.5 Å². The van der Waals surface area contributed by atoms with Gasteiger partial charge in [0.2, 0.25) is 0 Å². The molecule has 76 valence electrons. The summed E-state index contributed by atoms with van der Waals surface area (Å²) in [5, 5.41) is 0. The number of benzene rings is 1. The van der Waals surface area contributed by atoms with Crippen LogP contribution < -0.4 is 4.74 Å². The van der Waals surface area contributed by atoms with Gasteiger partial charge in [0.25, 0.3) is 0 Å². The first-order valence-electron chi connectivity index (χ1n) is 4.61. The number of aryl methyl sites for hydroxylation is 2. The third-order valence-corrected chi connectivity index (χ3v) is 2.31. The van der Waals surface area contributed by atoms with Crippen LogP contribution >= 0.6 is 12.6 Å². The molecule has 0 aliphatic rings. The molecule has 0 saturated heterocycles. The molecule has 1 aromatic carbocycles. The first-order valence-corrected chi connectivity index (χ1v) is 5.25. The van der Waals surface area contributed by atoms with E-state index in [1.807, 2.05) is 6.08 Å². The van der Waals surface area contributed by atoms with Crippen LogP contribution in [-0.4, -0.2) is 12.9 Å². The zero-order valence-electron chi connectivity index (χ0n) is 8.87. The molecule has 1 rings (SSSR count). The maximum absolute atomic E-state index is 5.30. The molecule has 0 aliphatic carbocycles. The molecule has 0 spiro atoms. The molecule has 0 saturated carbocycles. The minimum atomic E-state index is 0.768. The zero-order valence-corrected chi connectivity index (χ0v) is 9.77. The van der Waals surface area contributed by atoms with E-state index in [1.165, 1.54) is 16.7 Å². The molecule has 1 aromatic rings. The van der Waals surface area contributed by atoms with Crippen LogP contribution in [0.15, 0.2) is 18.2 Å². The van der Waals surface area contributed by atoms with E-state index in [0.29, 0.717) is 0 Å². The van der Waals surface area contributed by atoms with Crippen LogP contribution in [-0.2, 0) is 0 Å². The third kappa shape index (κ3) is 2.55. The van der Waals surface area contributed by atoms with E-state index < -0.39 is 0 Å². The maximum atomic E-state index is 5.30. The third-order valence-electron chi connectivity index (χ3n) is 2.10. The Morgan fingerprint density at radius 2 is 1.86 bits per heavy atom. The van der Waals surface area contributed by atoms with E-state index in [9.17, 15) is 0 Å². The lowest BCUT2D eigenvalue weighted by Gasteiger charge is -2.09. The molecular formula is C12H16OS. The zero-order chi connectivity index (χ0) is 10.6. The fraction of sp³-hybridized carbons (Fsp3) is 0.333. The minimum Gasteiger partial charge on any atom is -0.496 e. The van der Waals surface area contributed by atoms with Crippen molar-refractivity contribution in [1.82, 2.24) is 0 Å². The Labute approximate surface area is 91.2 Å². The SMILES string of the molecule is COc1c(C)cc(C=CCS)cc1C. The van der Waals surface area contributed by atoms with Gasteiger partial charge < -0.3 is 4.74 Å². The normalized spacial score (nSPS) is 10.9. The Kier molecular flexibility index (Phi) is 4.08. The van der Waals surface area contributed by atoms with Gasteiger partial charge in [-0.25, -0.2) is 0 Å². The smallest absolute Gasteiger partial charge is 0.124 e. The molecule has 0 unspecified atom stereocenters. The first kappa shape index (κ1) is 11.2. The van der Waals surface area contributed by atoms with Crippen molar-refractivity contribution in [2.75, 3.05) is 12.9 Å². The summed E-state index contributed by atoms with van der Waals surface area (Å²) in [6, 6.07) is 4.23. The van der Waals surface area contributed by atoms with Crippen molar-refractivity contribution in [3.8, 4) is 5.75 Å². The van der Waals surface area contributed by atoms with Gasteiger partial charge in [-0.1, -0.05) is 12.2 Å². The number of hydrogen-bond donors (Lipinski definition) is 1. The van der Waals surface area contributed by atoms with E-state index in [2.05, 4.69) is 44.7 Å². The van der Waals surface area contributed by atoms with Gasteiger partial charge in [-0.2, -0.15) is 12.6 Å². The highest BCUT2D eigenvalue weighted by Crippen LogP contribution is 2.24. The standard InChI is InChI=1S/C12H16OS/c1-9-7-11(5-4-6-14)8-10(2)12(9)13-3/h4-5,7-8,14H,6H2,1-3H3. The molecular weight excluding hydrogens is 192 g/mol. The van der Waals surface area contributed by atoms with Crippen LogP contribution in [0.3, 0.4) is 0 Å². The topological polar surface area (TPSA) is 9.23 Å². The predicted molar refractivity (Wildman–Crippen MR) is 65.4 cm³/mol. The van der Waals surface area contributed by atoms with E-state index in [-0.39, 0.29) is 0 Å². The molecule has 0 bridgehead atoms. The van der Waals surface area contributed by atoms with Crippen molar-refractivity contribution < 1.29 is 4.74 Å². The minimum absolute atomic E-state index is 0.768. The van der Waals surface area contributed by atoms with E-state index in [1.54, 1.807) is 7.11 Å². The van der Waals surface area contributed by atoms with Gasteiger partial charge in [-0.15, -0.1) is 0 Å². The van der Waals surface area contributed by atoms with Crippen LogP contribution in [0.5, 0.6) is 5.75 Å². The highest BCUT2D eigenvalue weighted by molar-refractivity contribution is 7.80. The monoisotopic (exact) mass is 208 g/mol. The van der Waals surface area contributed by atoms with Crippen LogP contribution in [0.1, 0.15) is 16.7 Å². The second kappa shape index (κ2) is 5.11. The second-order valence-electron chi connectivity index (χ2n) is 3.27. The molecule has 0 aliphatic heterocycles. The molecule has 14 heavy (non-hydrogen) atoms. The summed E-state index contributed by atoms with van der Waals surface area (Å²) in [5.74, 6) is 1.75. The van der Waals surface area contributed by atoms with Crippen molar-refractivity contribution in [1.29, 1.82) is 0 Å². The maximum Gasteiger partial charge on any atom is 0.124 e. The van der Waals surface area contributed by atoms with E-state index >= 15 is 0 Å². The number of hydrogen-bond acceptors (Lipinski definition) is 2. The van der Waals surface area contributed by atoms with Crippen LogP contribution in [0.4, 0.5) is 0 Å². The summed E-state index contributed by atoms with van der Waals surface area (Å²) in [4.78, 5) is 0. The van der Waals surface area contributed by atoms with Gasteiger partial charge in [0.1, 0.15) is 5.75 Å². The molecule has 1 nitrogen and oxygen atoms in total. The summed E-state index contributed by atoms with van der Waals surface area (Å²) in [6.07, 6.45) is 4.11. The lowest BCUT2D eigenvalue weighted by molar-refractivity contribution is 0.408. The lowest BCUT2D eigenvalue weighted by atomic mass is 10.1. The highest BCUT2D eigenvalue weighted by atomic mass is 32.1. The highest BCUT2D eigenvalue weighted by Gasteiger charge is 2.02. The van der Waals surface area contributed by atoms with Gasteiger partial charge >= 0.3 is 0 Å². The number of rotatable bonds is 3. The van der Waals surface area contributed by atoms with Crippen molar-refractivity contribution in [2.24, 2.45) is 0 Å². The Balaban J connectivity index is 3.07.